The van der Waals surface area contributed by atoms with Gasteiger partial charge in [0.15, 0.2) is 11.6 Å². The Morgan fingerprint density at radius 2 is 2.19 bits per heavy atom. The predicted octanol–water partition coefficient (Wildman–Crippen LogP) is 2.46. The van der Waals surface area contributed by atoms with Gasteiger partial charge in [0, 0.05) is 17.5 Å². The van der Waals surface area contributed by atoms with E-state index in [1.807, 2.05) is 6.07 Å². The number of halogens is 1. The largest absolute Gasteiger partial charge is 0.493 e. The van der Waals surface area contributed by atoms with Gasteiger partial charge in [-0.3, -0.25) is 0 Å². The van der Waals surface area contributed by atoms with Crippen LogP contribution in [-0.2, 0) is 5.41 Å². The first-order valence-corrected chi connectivity index (χ1v) is 5.66. The lowest BCUT2D eigenvalue weighted by atomic mass is 9.77. The fraction of sp³-hybridized carbons (Fsp3) is 0.538. The number of methoxy groups -OCH3 is 1. The van der Waals surface area contributed by atoms with Gasteiger partial charge in [0.25, 0.3) is 0 Å². The summed E-state index contributed by atoms with van der Waals surface area (Å²) in [5.74, 6) is 0.607. The standard InChI is InChI=1S/C13H18FNO/c1-13(8-15,9-6-7-9)10-4-3-5-11(14)12(10)16-2/h3-5,9H,6-8,15H2,1-2H3. The van der Waals surface area contributed by atoms with Crippen LogP contribution in [0, 0.1) is 11.7 Å². The molecule has 1 aromatic rings. The Balaban J connectivity index is 2.48. The van der Waals surface area contributed by atoms with Crippen molar-refractivity contribution in [1.82, 2.24) is 0 Å². The summed E-state index contributed by atoms with van der Waals surface area (Å²) >= 11 is 0. The van der Waals surface area contributed by atoms with Crippen LogP contribution in [0.3, 0.4) is 0 Å². The molecule has 1 unspecified atom stereocenters. The molecule has 1 saturated carbocycles. The van der Waals surface area contributed by atoms with Crippen LogP contribution in [0.2, 0.25) is 0 Å². The summed E-state index contributed by atoms with van der Waals surface area (Å²) in [5, 5.41) is 0. The Labute approximate surface area is 95.6 Å². The predicted molar refractivity (Wildman–Crippen MR) is 62.1 cm³/mol. The van der Waals surface area contributed by atoms with E-state index in [1.54, 1.807) is 6.07 Å². The van der Waals surface area contributed by atoms with Crippen LogP contribution in [-0.4, -0.2) is 13.7 Å². The zero-order valence-electron chi connectivity index (χ0n) is 9.79. The number of benzene rings is 1. The normalized spacial score (nSPS) is 19.2. The SMILES string of the molecule is COc1c(F)cccc1C(C)(CN)C1CC1. The van der Waals surface area contributed by atoms with Crippen LogP contribution >= 0.6 is 0 Å². The number of hydrogen-bond donors (Lipinski definition) is 1. The van der Waals surface area contributed by atoms with Crippen LogP contribution in [0.25, 0.3) is 0 Å². The van der Waals surface area contributed by atoms with E-state index in [1.165, 1.54) is 26.0 Å². The summed E-state index contributed by atoms with van der Waals surface area (Å²) in [7, 11) is 1.51. The van der Waals surface area contributed by atoms with E-state index >= 15 is 0 Å². The van der Waals surface area contributed by atoms with E-state index in [-0.39, 0.29) is 11.2 Å². The second-order valence-corrected chi connectivity index (χ2v) is 4.72. The molecule has 1 aliphatic carbocycles. The molecule has 16 heavy (non-hydrogen) atoms. The minimum absolute atomic E-state index is 0.159. The lowest BCUT2D eigenvalue weighted by Crippen LogP contribution is -2.34. The molecule has 0 spiro atoms. The molecule has 1 atom stereocenters. The van der Waals surface area contributed by atoms with Crippen molar-refractivity contribution in [1.29, 1.82) is 0 Å². The van der Waals surface area contributed by atoms with Crippen LogP contribution < -0.4 is 10.5 Å². The molecule has 0 aromatic heterocycles. The maximum Gasteiger partial charge on any atom is 0.165 e. The lowest BCUT2D eigenvalue weighted by molar-refractivity contribution is 0.348. The monoisotopic (exact) mass is 223 g/mol. The second kappa shape index (κ2) is 4.06. The molecule has 0 aliphatic heterocycles. The summed E-state index contributed by atoms with van der Waals surface area (Å²) in [4.78, 5) is 0. The summed E-state index contributed by atoms with van der Waals surface area (Å²) in [5.41, 5.74) is 6.62. The van der Waals surface area contributed by atoms with Crippen molar-refractivity contribution in [2.24, 2.45) is 11.7 Å². The molecular formula is C13H18FNO. The first-order chi connectivity index (χ1) is 7.63. The number of rotatable bonds is 4. The van der Waals surface area contributed by atoms with E-state index in [0.717, 1.165) is 5.56 Å². The number of para-hydroxylation sites is 1. The van der Waals surface area contributed by atoms with E-state index in [9.17, 15) is 4.39 Å². The summed E-state index contributed by atoms with van der Waals surface area (Å²) in [6.07, 6.45) is 2.35. The molecule has 1 aromatic carbocycles. The molecule has 3 heteroatoms. The summed E-state index contributed by atoms with van der Waals surface area (Å²) < 4.78 is 18.8. The zero-order chi connectivity index (χ0) is 11.8. The van der Waals surface area contributed by atoms with Crippen LogP contribution in [0.5, 0.6) is 5.75 Å². The third-order valence-electron chi connectivity index (χ3n) is 3.69. The van der Waals surface area contributed by atoms with E-state index in [0.29, 0.717) is 18.2 Å². The van der Waals surface area contributed by atoms with Gasteiger partial charge >= 0.3 is 0 Å². The maximum atomic E-state index is 13.6. The zero-order valence-corrected chi connectivity index (χ0v) is 9.79. The van der Waals surface area contributed by atoms with Crippen LogP contribution in [0.15, 0.2) is 18.2 Å². The molecule has 2 rings (SSSR count). The van der Waals surface area contributed by atoms with E-state index in [4.69, 9.17) is 10.5 Å². The summed E-state index contributed by atoms with van der Waals surface area (Å²) in [6.45, 7) is 2.62. The van der Waals surface area contributed by atoms with Crippen molar-refractivity contribution in [2.75, 3.05) is 13.7 Å². The topological polar surface area (TPSA) is 35.2 Å². The minimum atomic E-state index is -0.305. The van der Waals surface area contributed by atoms with Crippen LogP contribution in [0.4, 0.5) is 4.39 Å². The first kappa shape index (κ1) is 11.4. The molecule has 0 heterocycles. The average Bonchev–Trinajstić information content (AvgIpc) is 3.12. The fourth-order valence-corrected chi connectivity index (χ4v) is 2.38. The van der Waals surface area contributed by atoms with Crippen molar-refractivity contribution in [3.8, 4) is 5.75 Å². The van der Waals surface area contributed by atoms with Gasteiger partial charge in [0.1, 0.15) is 0 Å². The second-order valence-electron chi connectivity index (χ2n) is 4.72. The fourth-order valence-electron chi connectivity index (χ4n) is 2.38. The molecule has 0 bridgehead atoms. The third-order valence-corrected chi connectivity index (χ3v) is 3.69. The van der Waals surface area contributed by atoms with Gasteiger partial charge < -0.3 is 10.5 Å². The highest BCUT2D eigenvalue weighted by atomic mass is 19.1. The molecule has 2 nitrogen and oxygen atoms in total. The van der Waals surface area contributed by atoms with Gasteiger partial charge in [-0.05, 0) is 24.8 Å². The molecule has 2 N–H and O–H groups in total. The van der Waals surface area contributed by atoms with E-state index in [2.05, 4.69) is 6.92 Å². The van der Waals surface area contributed by atoms with Gasteiger partial charge in [-0.15, -0.1) is 0 Å². The van der Waals surface area contributed by atoms with Gasteiger partial charge in [0.2, 0.25) is 0 Å². The van der Waals surface area contributed by atoms with Gasteiger partial charge in [-0.2, -0.15) is 0 Å². The third kappa shape index (κ3) is 1.69. The highest BCUT2D eigenvalue weighted by Crippen LogP contribution is 2.49. The molecule has 0 radical (unpaired) electrons. The van der Waals surface area contributed by atoms with Crippen molar-refractivity contribution in [2.45, 2.75) is 25.2 Å². The molecule has 0 saturated heterocycles. The number of hydrogen-bond acceptors (Lipinski definition) is 2. The Bertz CT molecular complexity index is 390. The van der Waals surface area contributed by atoms with Crippen molar-refractivity contribution >= 4 is 0 Å². The Morgan fingerprint density at radius 3 is 2.69 bits per heavy atom. The van der Waals surface area contributed by atoms with Gasteiger partial charge in [-0.1, -0.05) is 19.1 Å². The van der Waals surface area contributed by atoms with Crippen molar-refractivity contribution in [3.63, 3.8) is 0 Å². The molecule has 1 fully saturated rings. The Morgan fingerprint density at radius 1 is 1.50 bits per heavy atom. The van der Waals surface area contributed by atoms with Gasteiger partial charge in [0.05, 0.1) is 7.11 Å². The highest BCUT2D eigenvalue weighted by Gasteiger charge is 2.43. The molecular weight excluding hydrogens is 205 g/mol. The first-order valence-electron chi connectivity index (χ1n) is 5.66. The highest BCUT2D eigenvalue weighted by molar-refractivity contribution is 5.42. The smallest absolute Gasteiger partial charge is 0.165 e. The van der Waals surface area contributed by atoms with Crippen molar-refractivity contribution in [3.05, 3.63) is 29.6 Å². The Kier molecular flexibility index (Phi) is 2.89. The lowest BCUT2D eigenvalue weighted by Gasteiger charge is -2.30. The molecule has 1 aliphatic rings. The van der Waals surface area contributed by atoms with Crippen molar-refractivity contribution < 1.29 is 9.13 Å². The molecule has 0 amide bonds. The average molecular weight is 223 g/mol. The number of ether oxygens (including phenoxy) is 1. The molecule has 88 valence electrons. The Hall–Kier alpha value is -1.09. The quantitative estimate of drug-likeness (QED) is 0.851. The van der Waals surface area contributed by atoms with Gasteiger partial charge in [-0.25, -0.2) is 4.39 Å². The van der Waals surface area contributed by atoms with E-state index < -0.39 is 0 Å². The number of nitrogens with two attached hydrogens (primary N) is 1. The minimum Gasteiger partial charge on any atom is -0.493 e. The maximum absolute atomic E-state index is 13.6. The van der Waals surface area contributed by atoms with Crippen LogP contribution in [0.1, 0.15) is 25.3 Å². The summed E-state index contributed by atoms with van der Waals surface area (Å²) in [6, 6.07) is 5.07.